The van der Waals surface area contributed by atoms with Gasteiger partial charge in [-0.1, -0.05) is 287 Å². The summed E-state index contributed by atoms with van der Waals surface area (Å²) >= 11 is 0. The molecule has 0 aliphatic rings. The molecular weight excluding hydrogens is 2450 g/mol. The number of aryl methyl sites for hydroxylation is 6. The molecular formula is C128H132Ir4N6O4-6. The van der Waals surface area contributed by atoms with Gasteiger partial charge in [0.15, 0.2) is 11.6 Å². The van der Waals surface area contributed by atoms with Crippen molar-refractivity contribution < 1.29 is 100 Å². The summed E-state index contributed by atoms with van der Waals surface area (Å²) in [6.45, 7) is 47.2. The third kappa shape index (κ3) is 38.3. The second kappa shape index (κ2) is 57.2. The van der Waals surface area contributed by atoms with Crippen molar-refractivity contribution in [3.63, 3.8) is 0 Å². The maximum atomic E-state index is 10.0. The van der Waals surface area contributed by atoms with E-state index in [1.807, 2.05) is 111 Å². The molecule has 0 aliphatic heterocycles. The van der Waals surface area contributed by atoms with Gasteiger partial charge in [0.25, 0.3) is 0 Å². The van der Waals surface area contributed by atoms with E-state index in [2.05, 4.69) is 399 Å². The molecule has 740 valence electrons. The SMILES string of the molecule is CC(=O)C=C(C)O.CC(=O)C=C(C)O.CC(C)(C)c1ccc(-c2[c-]ccc(-c3ccccc3)c2)nc1.CC(C)(C)c1ccc(-c2[c-]cccc2)nc1.CC(C)(C)c1ccc(-c2[c-]cccc2)nc1.Cc1[c-]c(-c2cc(CC(C)C)c3cc(-c4ccccc4)ccc3n2)cc(C)c1.Cc1[c-]c(-c2cc(CC(C)C)c3cc(C)ccc3n2)cc(C)c1.Cc1ccc(-c2[c-]ccc(-c3ccccc3)c2)nc1.[Ir].[Ir].[Ir].[Ir]. The second-order valence-electron chi connectivity index (χ2n) is 39.0. The molecule has 0 aliphatic carbocycles. The van der Waals surface area contributed by atoms with Gasteiger partial charge in [-0.15, -0.1) is 212 Å². The molecule has 0 fully saturated rings. The van der Waals surface area contributed by atoms with E-state index in [1.165, 1.54) is 134 Å². The molecule has 0 atom stereocenters. The molecule has 0 saturated heterocycles. The molecule has 0 bridgehead atoms. The Hall–Kier alpha value is -12.1. The summed E-state index contributed by atoms with van der Waals surface area (Å²) < 4.78 is 0. The first kappa shape index (κ1) is 119. The van der Waals surface area contributed by atoms with Gasteiger partial charge in [-0.2, -0.15) is 0 Å². The molecule has 17 aromatic rings. The van der Waals surface area contributed by atoms with Crippen molar-refractivity contribution in [1.82, 2.24) is 29.9 Å². The number of allylic oxidation sites excluding steroid dienone is 4. The van der Waals surface area contributed by atoms with E-state index < -0.39 is 0 Å². The molecule has 6 heterocycles. The predicted molar refractivity (Wildman–Crippen MR) is 578 cm³/mol. The molecule has 4 radical (unpaired) electrons. The number of nitrogens with zero attached hydrogens (tertiary/aromatic N) is 6. The van der Waals surface area contributed by atoms with Crippen LogP contribution in [0.3, 0.4) is 0 Å². The summed E-state index contributed by atoms with van der Waals surface area (Å²) in [6, 6.07) is 122. The fourth-order valence-corrected chi connectivity index (χ4v) is 15.2. The van der Waals surface area contributed by atoms with Crippen LogP contribution in [0.5, 0.6) is 0 Å². The Kier molecular flexibility index (Phi) is 47.8. The van der Waals surface area contributed by atoms with Gasteiger partial charge in [0.05, 0.1) is 22.6 Å². The summed E-state index contributed by atoms with van der Waals surface area (Å²) in [5.41, 5.74) is 35.9. The van der Waals surface area contributed by atoms with Crippen molar-refractivity contribution in [2.45, 2.75) is 188 Å². The third-order valence-corrected chi connectivity index (χ3v) is 22.1. The van der Waals surface area contributed by atoms with E-state index >= 15 is 0 Å². The van der Waals surface area contributed by atoms with Crippen LogP contribution in [0.4, 0.5) is 0 Å². The number of carbonyl (C=O) groups is 2. The van der Waals surface area contributed by atoms with Crippen LogP contribution >= 0.6 is 0 Å². The Morgan fingerprint density at radius 2 is 0.627 bits per heavy atom. The Morgan fingerprint density at radius 1 is 0.303 bits per heavy atom. The van der Waals surface area contributed by atoms with Crippen molar-refractivity contribution >= 4 is 33.4 Å². The number of hydrogen-bond donors (Lipinski definition) is 2. The molecule has 0 unspecified atom stereocenters. The van der Waals surface area contributed by atoms with Crippen LogP contribution in [0.1, 0.15) is 179 Å². The maximum absolute atomic E-state index is 10.0. The quantitative estimate of drug-likeness (QED) is 0.0576. The van der Waals surface area contributed by atoms with Crippen LogP contribution in [0, 0.1) is 89.8 Å². The van der Waals surface area contributed by atoms with Gasteiger partial charge in [-0.25, -0.2) is 0 Å². The zero-order valence-electron chi connectivity index (χ0n) is 86.1. The van der Waals surface area contributed by atoms with E-state index in [-0.39, 0.29) is 120 Å². The summed E-state index contributed by atoms with van der Waals surface area (Å²) in [5.74, 6) is 1.08. The Morgan fingerprint density at radius 3 is 0.930 bits per heavy atom. The maximum Gasteiger partial charge on any atom is 0.155 e. The van der Waals surface area contributed by atoms with E-state index in [0.717, 1.165) is 103 Å². The minimum Gasteiger partial charge on any atom is -0.512 e. The molecule has 14 heteroatoms. The van der Waals surface area contributed by atoms with Crippen LogP contribution < -0.4 is 0 Å². The van der Waals surface area contributed by atoms with Gasteiger partial charge >= 0.3 is 0 Å². The molecule has 0 saturated carbocycles. The first-order chi connectivity index (χ1) is 65.7. The Balaban J connectivity index is 0.000000254. The number of aliphatic hydroxyl groups excluding tert-OH is 2. The Labute approximate surface area is 900 Å². The van der Waals surface area contributed by atoms with Gasteiger partial charge in [-0.05, 0) is 197 Å². The third-order valence-electron chi connectivity index (χ3n) is 22.1. The number of pyridine rings is 6. The largest absolute Gasteiger partial charge is 0.512 e. The summed E-state index contributed by atoms with van der Waals surface area (Å²) in [6.07, 6.45) is 12.2. The number of fused-ring (bicyclic) bond motifs is 2. The van der Waals surface area contributed by atoms with Crippen molar-refractivity contribution in [1.29, 1.82) is 0 Å². The van der Waals surface area contributed by atoms with Crippen molar-refractivity contribution in [3.05, 3.63) is 443 Å². The van der Waals surface area contributed by atoms with E-state index in [9.17, 15) is 9.59 Å². The minimum absolute atomic E-state index is 0. The predicted octanol–water partition coefficient (Wildman–Crippen LogP) is 32.8. The molecule has 0 amide bonds. The molecule has 11 aromatic carbocycles. The molecule has 0 spiro atoms. The number of benzene rings is 11. The fraction of sp³-hybridized carbons (Fsp3) is 0.234. The summed E-state index contributed by atoms with van der Waals surface area (Å²) in [4.78, 5) is 48.0. The van der Waals surface area contributed by atoms with Crippen LogP contribution in [-0.2, 0) is 119 Å². The van der Waals surface area contributed by atoms with Crippen LogP contribution in [-0.4, -0.2) is 51.7 Å². The van der Waals surface area contributed by atoms with Crippen LogP contribution in [0.25, 0.3) is 123 Å². The van der Waals surface area contributed by atoms with E-state index in [0.29, 0.717) is 11.8 Å². The van der Waals surface area contributed by atoms with Crippen molar-refractivity contribution in [3.8, 4) is 101 Å². The molecule has 142 heavy (non-hydrogen) atoms. The molecule has 6 aromatic heterocycles. The van der Waals surface area contributed by atoms with Crippen LogP contribution in [0.2, 0.25) is 0 Å². The number of aromatic nitrogens is 6. The summed E-state index contributed by atoms with van der Waals surface area (Å²) in [5, 5.41) is 19.3. The van der Waals surface area contributed by atoms with E-state index in [1.54, 1.807) is 0 Å². The minimum atomic E-state index is -0.125. The molecule has 2 N–H and O–H groups in total. The van der Waals surface area contributed by atoms with Gasteiger partial charge in [0, 0.05) is 128 Å². The van der Waals surface area contributed by atoms with Gasteiger partial charge in [0.1, 0.15) is 0 Å². The zero-order valence-corrected chi connectivity index (χ0v) is 95.6. The number of aliphatic hydroxyl groups is 2. The van der Waals surface area contributed by atoms with Gasteiger partial charge in [0.2, 0.25) is 0 Å². The Bertz CT molecular complexity index is 6710. The average Bonchev–Trinajstić information content (AvgIpc) is 0.778. The van der Waals surface area contributed by atoms with Gasteiger partial charge in [-0.3, -0.25) is 19.6 Å². The monoisotopic (exact) mass is 2590 g/mol. The topological polar surface area (TPSA) is 152 Å². The standard InChI is InChI=1S/C27H26N.C22H24N.C21H20N.C18H14N.2C15H16N.2C5H8O2.4Ir/c1-18(2)12-23-17-27(24-14-19(3)13-20(4)15-24)28-26-11-10-22(16-25(23)26)21-8-6-5-7-9-21;1-14(2)8-18-13-22(19-10-16(4)9-17(5)11-19)23-21-7-6-15(3)12-20(18)21;1-21(2,3)19-12-13-20(22-15-19)18-11-7-10-17(14-18)16-8-5-4-6-9-16;1-14-10-11-18(19-13-14)17-9-5-8-16(12-17)15-6-3-2-4-7-15;2*1-15(2,3)13-9-10-14(16-11-13)12-7-5-4-6-8-12;2*1-4(6)3-5(2)7;;;;/h5-11,13-14,16-18H,12H2,1-4H3;6-7,9-10,12-14H,8H2,1-5H3;4-10,12-15H,1-3H3;2-8,10-13H,1H3;2*4-7,9-11H,1-3H3;2*3,6H,1-2H3;;;;/q6*-1;;;;;;. The van der Waals surface area contributed by atoms with Crippen LogP contribution in [0.15, 0.2) is 346 Å². The van der Waals surface area contributed by atoms with Crippen molar-refractivity contribution in [2.24, 2.45) is 11.8 Å². The molecule has 10 nitrogen and oxygen atoms in total. The zero-order chi connectivity index (χ0) is 99.8. The van der Waals surface area contributed by atoms with E-state index in [4.69, 9.17) is 20.2 Å². The fourth-order valence-electron chi connectivity index (χ4n) is 15.2. The first-order valence-electron chi connectivity index (χ1n) is 47.3. The van der Waals surface area contributed by atoms with Gasteiger partial charge < -0.3 is 30.1 Å². The smallest absolute Gasteiger partial charge is 0.155 e. The summed E-state index contributed by atoms with van der Waals surface area (Å²) in [7, 11) is 0. The number of rotatable bonds is 15. The number of carbonyl (C=O) groups excluding carboxylic acids is 2. The first-order valence-corrected chi connectivity index (χ1v) is 47.3. The van der Waals surface area contributed by atoms with Crippen molar-refractivity contribution in [2.75, 3.05) is 0 Å². The number of hydrogen-bond acceptors (Lipinski definition) is 10. The molecule has 17 rings (SSSR count). The number of ketones is 2. The second-order valence-corrected chi connectivity index (χ2v) is 39.0. The average molecular weight is 2590 g/mol. The normalized spacial score (nSPS) is 10.9.